The molecule has 0 saturated carbocycles. The zero-order valence-electron chi connectivity index (χ0n) is 32.2. The Morgan fingerprint density at radius 2 is 1.10 bits per heavy atom. The first-order valence-corrected chi connectivity index (χ1v) is 20.4. The summed E-state index contributed by atoms with van der Waals surface area (Å²) in [5.74, 6) is 0.988. The van der Waals surface area contributed by atoms with E-state index in [-0.39, 0.29) is 5.41 Å². The van der Waals surface area contributed by atoms with E-state index in [0.29, 0.717) is 0 Å². The minimum Gasteiger partial charge on any atom is -0.292 e. The number of aryl methyl sites for hydroxylation is 2. The van der Waals surface area contributed by atoms with Crippen LogP contribution < -0.4 is 0 Å². The summed E-state index contributed by atoms with van der Waals surface area (Å²) in [5, 5.41) is 0. The fourth-order valence-electron chi connectivity index (χ4n) is 9.00. The number of fused-ring (bicyclic) bond motifs is 4. The first-order chi connectivity index (χ1) is 25.5. The lowest BCUT2D eigenvalue weighted by molar-refractivity contribution is 0.398. The van der Waals surface area contributed by atoms with Gasteiger partial charge in [0.05, 0.1) is 11.0 Å². The van der Waals surface area contributed by atoms with Crippen molar-refractivity contribution in [3.8, 4) is 39.3 Å². The van der Waals surface area contributed by atoms with Crippen LogP contribution in [0.4, 0.5) is 0 Å². The van der Waals surface area contributed by atoms with E-state index >= 15 is 0 Å². The van der Waals surface area contributed by atoms with Crippen molar-refractivity contribution in [2.75, 3.05) is 0 Å². The second kappa shape index (κ2) is 16.5. The molecule has 0 radical (unpaired) electrons. The van der Waals surface area contributed by atoms with Crippen molar-refractivity contribution in [2.45, 2.75) is 123 Å². The molecule has 52 heavy (non-hydrogen) atoms. The molecular formula is C50H58N2. The van der Waals surface area contributed by atoms with Gasteiger partial charge in [-0.2, -0.15) is 0 Å². The van der Waals surface area contributed by atoms with E-state index in [4.69, 9.17) is 4.98 Å². The SMILES string of the molecule is CCCCCCCCC1(CCCCCCCC)c2cc(C)ccc2-c2ccc(-c3cc(C)cc(-c4nc5ccccc5n4-c4ccccc4)c3)cc21. The molecule has 0 bridgehead atoms. The standard InChI is InChI=1S/C50H58N2/c1-5-7-9-11-13-20-30-50(31-21-14-12-10-8-6-2)45-34-37(3)26-28-43(45)44-29-27-39(36-46(44)50)40-32-38(4)33-41(35-40)49-51-47-24-18-19-25-48(47)52(49)42-22-16-15-17-23-42/h15-19,22-29,32-36H,5-14,20-21,30-31H2,1-4H3. The molecule has 2 heteroatoms. The van der Waals surface area contributed by atoms with E-state index in [9.17, 15) is 0 Å². The van der Waals surface area contributed by atoms with Gasteiger partial charge < -0.3 is 0 Å². The molecule has 1 heterocycles. The van der Waals surface area contributed by atoms with E-state index < -0.39 is 0 Å². The van der Waals surface area contributed by atoms with Gasteiger partial charge in [-0.3, -0.25) is 4.57 Å². The van der Waals surface area contributed by atoms with Crippen LogP contribution in [-0.2, 0) is 5.41 Å². The van der Waals surface area contributed by atoms with Crippen LogP contribution in [-0.4, -0.2) is 9.55 Å². The monoisotopic (exact) mass is 686 g/mol. The number of nitrogens with zero attached hydrogens (tertiary/aromatic N) is 2. The molecule has 0 unspecified atom stereocenters. The van der Waals surface area contributed by atoms with Crippen LogP contribution in [0.5, 0.6) is 0 Å². The Bertz CT molecular complexity index is 2080. The molecule has 2 nitrogen and oxygen atoms in total. The maximum absolute atomic E-state index is 5.24. The van der Waals surface area contributed by atoms with E-state index in [2.05, 4.69) is 141 Å². The summed E-state index contributed by atoms with van der Waals surface area (Å²) in [4.78, 5) is 5.24. The topological polar surface area (TPSA) is 17.8 Å². The molecule has 1 aromatic heterocycles. The molecule has 0 saturated heterocycles. The number of unbranched alkanes of at least 4 members (excludes halogenated alkanes) is 10. The smallest absolute Gasteiger partial charge is 0.145 e. The summed E-state index contributed by atoms with van der Waals surface area (Å²) in [6.07, 6.45) is 18.5. The molecule has 0 aliphatic heterocycles. The summed E-state index contributed by atoms with van der Waals surface area (Å²) in [5.41, 5.74) is 15.8. The van der Waals surface area contributed by atoms with E-state index in [1.807, 2.05) is 0 Å². The molecular weight excluding hydrogens is 629 g/mol. The van der Waals surface area contributed by atoms with Gasteiger partial charge in [0.2, 0.25) is 0 Å². The Labute approximate surface area is 313 Å². The van der Waals surface area contributed by atoms with Gasteiger partial charge in [-0.25, -0.2) is 4.98 Å². The predicted octanol–water partition coefficient (Wildman–Crippen LogP) is 14.7. The average Bonchev–Trinajstić information content (AvgIpc) is 3.68. The van der Waals surface area contributed by atoms with Gasteiger partial charge in [0.1, 0.15) is 5.82 Å². The first-order valence-electron chi connectivity index (χ1n) is 20.4. The molecule has 6 aromatic rings. The molecule has 0 N–H and O–H groups in total. The average molecular weight is 687 g/mol. The first kappa shape index (κ1) is 36.0. The highest BCUT2D eigenvalue weighted by Gasteiger charge is 2.42. The molecule has 0 spiro atoms. The lowest BCUT2D eigenvalue weighted by Gasteiger charge is -2.33. The summed E-state index contributed by atoms with van der Waals surface area (Å²) in [7, 11) is 0. The van der Waals surface area contributed by atoms with Crippen LogP contribution in [0, 0.1) is 13.8 Å². The van der Waals surface area contributed by atoms with E-state index in [0.717, 1.165) is 28.1 Å². The molecule has 5 aromatic carbocycles. The third kappa shape index (κ3) is 7.40. The summed E-state index contributed by atoms with van der Waals surface area (Å²) in [6.45, 7) is 9.15. The van der Waals surface area contributed by atoms with Gasteiger partial charge in [-0.15, -0.1) is 0 Å². The minimum atomic E-state index is 0.0656. The van der Waals surface area contributed by atoms with E-state index in [1.54, 1.807) is 11.1 Å². The second-order valence-electron chi connectivity index (χ2n) is 15.6. The zero-order chi connectivity index (χ0) is 35.9. The summed E-state index contributed by atoms with van der Waals surface area (Å²) < 4.78 is 2.32. The van der Waals surface area contributed by atoms with Crippen molar-refractivity contribution in [3.05, 3.63) is 131 Å². The Hall–Kier alpha value is -4.43. The Morgan fingerprint density at radius 3 is 1.81 bits per heavy atom. The van der Waals surface area contributed by atoms with Gasteiger partial charge in [0.15, 0.2) is 0 Å². The van der Waals surface area contributed by atoms with Crippen LogP contribution in [0.2, 0.25) is 0 Å². The summed E-state index contributed by atoms with van der Waals surface area (Å²) >= 11 is 0. The number of para-hydroxylation sites is 3. The highest BCUT2D eigenvalue weighted by Crippen LogP contribution is 2.55. The third-order valence-electron chi connectivity index (χ3n) is 11.7. The normalized spacial score (nSPS) is 13.1. The molecule has 0 amide bonds. The van der Waals surface area contributed by atoms with Crippen LogP contribution in [0.25, 0.3) is 50.4 Å². The lowest BCUT2D eigenvalue weighted by Crippen LogP contribution is -2.25. The molecule has 7 rings (SSSR count). The fraction of sp³-hybridized carbons (Fsp3) is 0.380. The largest absolute Gasteiger partial charge is 0.292 e. The number of imidazole rings is 1. The van der Waals surface area contributed by atoms with E-state index in [1.165, 1.54) is 123 Å². The van der Waals surface area contributed by atoms with Crippen molar-refractivity contribution < 1.29 is 0 Å². The lowest BCUT2D eigenvalue weighted by atomic mass is 9.70. The van der Waals surface area contributed by atoms with Crippen molar-refractivity contribution in [3.63, 3.8) is 0 Å². The van der Waals surface area contributed by atoms with Crippen molar-refractivity contribution >= 4 is 11.0 Å². The number of aromatic nitrogens is 2. The maximum atomic E-state index is 5.24. The Morgan fingerprint density at radius 1 is 0.500 bits per heavy atom. The molecule has 0 atom stereocenters. The van der Waals surface area contributed by atoms with Crippen molar-refractivity contribution in [1.29, 1.82) is 0 Å². The van der Waals surface area contributed by atoms with Gasteiger partial charge in [0.25, 0.3) is 0 Å². The van der Waals surface area contributed by atoms with Crippen molar-refractivity contribution in [2.24, 2.45) is 0 Å². The van der Waals surface area contributed by atoms with Gasteiger partial charge >= 0.3 is 0 Å². The summed E-state index contributed by atoms with van der Waals surface area (Å²) in [6, 6.07) is 41.0. The van der Waals surface area contributed by atoms with Crippen LogP contribution in [0.15, 0.2) is 109 Å². The molecule has 268 valence electrons. The van der Waals surface area contributed by atoms with Gasteiger partial charge in [-0.05, 0) is 108 Å². The van der Waals surface area contributed by atoms with Crippen LogP contribution in [0.3, 0.4) is 0 Å². The quantitative estimate of drug-likeness (QED) is 0.0873. The molecule has 1 aliphatic carbocycles. The second-order valence-corrected chi connectivity index (χ2v) is 15.6. The highest BCUT2D eigenvalue weighted by atomic mass is 15.1. The zero-order valence-corrected chi connectivity index (χ0v) is 32.2. The number of hydrogen-bond acceptors (Lipinski definition) is 1. The fourth-order valence-corrected chi connectivity index (χ4v) is 9.00. The van der Waals surface area contributed by atoms with Crippen molar-refractivity contribution in [1.82, 2.24) is 9.55 Å². The minimum absolute atomic E-state index is 0.0656. The highest BCUT2D eigenvalue weighted by molar-refractivity contribution is 5.87. The Balaban J connectivity index is 1.30. The molecule has 0 fully saturated rings. The maximum Gasteiger partial charge on any atom is 0.145 e. The number of hydrogen-bond donors (Lipinski definition) is 0. The third-order valence-corrected chi connectivity index (χ3v) is 11.7. The van der Waals surface area contributed by atoms with Crippen LogP contribution in [0.1, 0.15) is 126 Å². The van der Waals surface area contributed by atoms with Gasteiger partial charge in [0, 0.05) is 16.7 Å². The number of benzene rings is 5. The van der Waals surface area contributed by atoms with Gasteiger partial charge in [-0.1, -0.05) is 163 Å². The number of rotatable bonds is 17. The molecule has 1 aliphatic rings. The predicted molar refractivity (Wildman–Crippen MR) is 224 cm³/mol. The van der Waals surface area contributed by atoms with Crippen LogP contribution >= 0.6 is 0 Å². The Kier molecular flexibility index (Phi) is 11.4.